The molecule has 5 heteroatoms. The van der Waals surface area contributed by atoms with Crippen molar-refractivity contribution >= 4 is 11.6 Å². The van der Waals surface area contributed by atoms with Crippen molar-refractivity contribution in [3.05, 3.63) is 53.3 Å². The fourth-order valence-electron chi connectivity index (χ4n) is 3.79. The maximum Gasteiger partial charge on any atom is 0.253 e. The van der Waals surface area contributed by atoms with Gasteiger partial charge in [-0.2, -0.15) is 0 Å². The summed E-state index contributed by atoms with van der Waals surface area (Å²) in [4.78, 5) is 21.7. The lowest BCUT2D eigenvalue weighted by Crippen LogP contribution is -2.48. The number of carbonyl (C=O) groups is 1. The van der Waals surface area contributed by atoms with Gasteiger partial charge < -0.3 is 14.9 Å². The first-order chi connectivity index (χ1) is 13.5. The third kappa shape index (κ3) is 4.55. The quantitative estimate of drug-likeness (QED) is 0.822. The molecule has 0 saturated carbocycles. The van der Waals surface area contributed by atoms with Gasteiger partial charge in [0.1, 0.15) is 5.75 Å². The molecule has 0 aliphatic carbocycles. The van der Waals surface area contributed by atoms with E-state index in [2.05, 4.69) is 57.5 Å². The van der Waals surface area contributed by atoms with Crippen LogP contribution in [0.15, 0.2) is 36.7 Å². The van der Waals surface area contributed by atoms with E-state index in [0.29, 0.717) is 24.4 Å². The zero-order chi connectivity index (χ0) is 21.4. The Labute approximate surface area is 174 Å². The van der Waals surface area contributed by atoms with Gasteiger partial charge in [0.25, 0.3) is 5.91 Å². The van der Waals surface area contributed by atoms with Crippen molar-refractivity contribution in [2.45, 2.75) is 52.4 Å². The summed E-state index contributed by atoms with van der Waals surface area (Å²) in [7, 11) is 0. The van der Waals surface area contributed by atoms with Gasteiger partial charge in [0.2, 0.25) is 0 Å². The molecule has 1 aromatic carbocycles. The van der Waals surface area contributed by atoms with Gasteiger partial charge in [0.15, 0.2) is 0 Å². The molecule has 1 amide bonds. The summed E-state index contributed by atoms with van der Waals surface area (Å²) in [5.74, 6) is 0.342. The smallest absolute Gasteiger partial charge is 0.253 e. The Hall–Kier alpha value is -2.56. The molecule has 156 valence electrons. The zero-order valence-electron chi connectivity index (χ0n) is 18.5. The van der Waals surface area contributed by atoms with Crippen molar-refractivity contribution < 1.29 is 9.90 Å². The predicted octanol–water partition coefficient (Wildman–Crippen LogP) is 4.34. The molecule has 1 aliphatic heterocycles. The van der Waals surface area contributed by atoms with E-state index in [0.717, 1.165) is 29.9 Å². The average Bonchev–Trinajstić information content (AvgIpc) is 2.66. The highest BCUT2D eigenvalue weighted by atomic mass is 16.3. The SMILES string of the molecule is CC(C)(C)c1cc(C(=O)N2CCN(c3cccnc3)CC2)cc(C(C)(C)C)c1O. The number of pyridine rings is 1. The lowest BCUT2D eigenvalue weighted by atomic mass is 9.78. The number of hydrogen-bond acceptors (Lipinski definition) is 4. The van der Waals surface area contributed by atoms with Gasteiger partial charge in [-0.1, -0.05) is 41.5 Å². The first-order valence-electron chi connectivity index (χ1n) is 10.3. The Morgan fingerprint density at radius 3 is 1.97 bits per heavy atom. The number of hydrogen-bond donors (Lipinski definition) is 1. The Bertz CT molecular complexity index is 836. The molecule has 0 radical (unpaired) electrons. The second-order valence-corrected chi connectivity index (χ2v) is 9.91. The number of aromatic nitrogens is 1. The summed E-state index contributed by atoms with van der Waals surface area (Å²) >= 11 is 0. The van der Waals surface area contributed by atoms with E-state index in [4.69, 9.17) is 0 Å². The van der Waals surface area contributed by atoms with Crippen LogP contribution in [0.1, 0.15) is 63.0 Å². The van der Waals surface area contributed by atoms with Crippen LogP contribution in [0.25, 0.3) is 0 Å². The normalized spacial score (nSPS) is 15.5. The number of anilines is 1. The number of piperazine rings is 1. The van der Waals surface area contributed by atoms with Crippen LogP contribution in [-0.4, -0.2) is 47.1 Å². The Kier molecular flexibility index (Phi) is 5.61. The Morgan fingerprint density at radius 2 is 1.52 bits per heavy atom. The zero-order valence-corrected chi connectivity index (χ0v) is 18.5. The number of phenolic OH excluding ortho intramolecular Hbond substituents is 1. The number of benzene rings is 1. The van der Waals surface area contributed by atoms with Gasteiger partial charge in [-0.3, -0.25) is 9.78 Å². The van der Waals surface area contributed by atoms with Gasteiger partial charge in [-0.05, 0) is 35.1 Å². The van der Waals surface area contributed by atoms with Gasteiger partial charge in [-0.15, -0.1) is 0 Å². The molecule has 2 aromatic rings. The first-order valence-corrected chi connectivity index (χ1v) is 10.3. The van der Waals surface area contributed by atoms with E-state index in [9.17, 15) is 9.90 Å². The molecule has 1 aliphatic rings. The minimum Gasteiger partial charge on any atom is -0.507 e. The van der Waals surface area contributed by atoms with Crippen LogP contribution in [0.4, 0.5) is 5.69 Å². The summed E-state index contributed by atoms with van der Waals surface area (Å²) in [6.07, 6.45) is 3.64. The fourth-order valence-corrected chi connectivity index (χ4v) is 3.79. The number of aromatic hydroxyl groups is 1. The van der Waals surface area contributed by atoms with Crippen molar-refractivity contribution in [3.63, 3.8) is 0 Å². The van der Waals surface area contributed by atoms with Crippen LogP contribution in [0.2, 0.25) is 0 Å². The molecule has 5 nitrogen and oxygen atoms in total. The molecule has 1 saturated heterocycles. The molecular weight excluding hydrogens is 362 g/mol. The van der Waals surface area contributed by atoms with Crippen molar-refractivity contribution in [2.24, 2.45) is 0 Å². The second-order valence-electron chi connectivity index (χ2n) is 9.91. The van der Waals surface area contributed by atoms with E-state index >= 15 is 0 Å². The molecule has 2 heterocycles. The highest BCUT2D eigenvalue weighted by Crippen LogP contribution is 2.40. The van der Waals surface area contributed by atoms with Crippen molar-refractivity contribution in [1.29, 1.82) is 0 Å². The van der Waals surface area contributed by atoms with Crippen LogP contribution < -0.4 is 4.90 Å². The highest BCUT2D eigenvalue weighted by molar-refractivity contribution is 5.95. The van der Waals surface area contributed by atoms with Crippen LogP contribution in [0, 0.1) is 0 Å². The molecule has 1 fully saturated rings. The van der Waals surface area contributed by atoms with E-state index in [-0.39, 0.29) is 16.7 Å². The van der Waals surface area contributed by atoms with Crippen LogP contribution in [0.5, 0.6) is 5.75 Å². The molecule has 0 atom stereocenters. The highest BCUT2D eigenvalue weighted by Gasteiger charge is 2.30. The third-order valence-electron chi connectivity index (χ3n) is 5.55. The van der Waals surface area contributed by atoms with Gasteiger partial charge in [-0.25, -0.2) is 0 Å². The molecule has 29 heavy (non-hydrogen) atoms. The van der Waals surface area contributed by atoms with Crippen molar-refractivity contribution in [2.75, 3.05) is 31.1 Å². The number of phenols is 1. The molecule has 3 rings (SSSR count). The molecule has 1 aromatic heterocycles. The average molecular weight is 396 g/mol. The summed E-state index contributed by atoms with van der Waals surface area (Å²) in [5, 5.41) is 10.9. The summed E-state index contributed by atoms with van der Waals surface area (Å²) < 4.78 is 0. The summed E-state index contributed by atoms with van der Waals surface area (Å²) in [6.45, 7) is 15.3. The Balaban J connectivity index is 1.86. The molecule has 1 N–H and O–H groups in total. The van der Waals surface area contributed by atoms with Gasteiger partial charge in [0, 0.05) is 49.1 Å². The standard InChI is InChI=1S/C24H33N3O2/c1-23(2,3)19-14-17(15-20(21(19)28)24(4,5)6)22(29)27-12-10-26(11-13-27)18-8-7-9-25-16-18/h7-9,14-16,28H,10-13H2,1-6H3. The van der Waals surface area contributed by atoms with Gasteiger partial charge in [0.05, 0.1) is 11.9 Å². The molecule has 0 bridgehead atoms. The van der Waals surface area contributed by atoms with E-state index in [1.807, 2.05) is 29.3 Å². The van der Waals surface area contributed by atoms with Crippen LogP contribution in [0.3, 0.4) is 0 Å². The fraction of sp³-hybridized carbons (Fsp3) is 0.500. The largest absolute Gasteiger partial charge is 0.507 e. The lowest BCUT2D eigenvalue weighted by molar-refractivity contribution is 0.0746. The van der Waals surface area contributed by atoms with E-state index < -0.39 is 0 Å². The lowest BCUT2D eigenvalue weighted by Gasteiger charge is -2.36. The number of carbonyl (C=O) groups excluding carboxylic acids is 1. The van der Waals surface area contributed by atoms with E-state index in [1.54, 1.807) is 6.20 Å². The second kappa shape index (κ2) is 7.69. The maximum atomic E-state index is 13.3. The van der Waals surface area contributed by atoms with Crippen molar-refractivity contribution in [3.8, 4) is 5.75 Å². The first kappa shape index (κ1) is 21.2. The van der Waals surface area contributed by atoms with Crippen molar-refractivity contribution in [1.82, 2.24) is 9.88 Å². The topological polar surface area (TPSA) is 56.7 Å². The van der Waals surface area contributed by atoms with E-state index in [1.165, 1.54) is 0 Å². The minimum atomic E-state index is -0.251. The Morgan fingerprint density at radius 1 is 0.966 bits per heavy atom. The third-order valence-corrected chi connectivity index (χ3v) is 5.55. The number of nitrogens with zero attached hydrogens (tertiary/aromatic N) is 3. The predicted molar refractivity (Wildman–Crippen MR) is 118 cm³/mol. The van der Waals surface area contributed by atoms with Crippen LogP contribution in [-0.2, 0) is 10.8 Å². The molecule has 0 unspecified atom stereocenters. The van der Waals surface area contributed by atoms with Gasteiger partial charge >= 0.3 is 0 Å². The number of amides is 1. The minimum absolute atomic E-state index is 0.0341. The monoisotopic (exact) mass is 395 g/mol. The number of rotatable bonds is 2. The maximum absolute atomic E-state index is 13.3. The molecule has 0 spiro atoms. The summed E-state index contributed by atoms with van der Waals surface area (Å²) in [5.41, 5.74) is 2.89. The molecular formula is C24H33N3O2. The summed E-state index contributed by atoms with van der Waals surface area (Å²) in [6, 6.07) is 7.74. The van der Waals surface area contributed by atoms with Crippen LogP contribution >= 0.6 is 0 Å².